The Morgan fingerprint density at radius 1 is 1.45 bits per heavy atom. The molecule has 20 heavy (non-hydrogen) atoms. The van der Waals surface area contributed by atoms with E-state index in [0.717, 1.165) is 6.07 Å². The Balaban J connectivity index is 2.59. The predicted octanol–water partition coefficient (Wildman–Crippen LogP) is 2.41. The molecule has 0 aliphatic rings. The minimum atomic E-state index is -4.51. The van der Waals surface area contributed by atoms with Gasteiger partial charge in [-0.25, -0.2) is 0 Å². The third-order valence-corrected chi connectivity index (χ3v) is 2.63. The Morgan fingerprint density at radius 3 is 2.65 bits per heavy atom. The molecule has 0 unspecified atom stereocenters. The van der Waals surface area contributed by atoms with Gasteiger partial charge in [0.15, 0.2) is 6.61 Å². The molecule has 0 atom stereocenters. The molecule has 0 aromatic heterocycles. The maximum atomic E-state index is 11.8. The molecule has 0 spiro atoms. The fourth-order valence-electron chi connectivity index (χ4n) is 1.11. The van der Waals surface area contributed by atoms with E-state index in [1.54, 1.807) is 5.32 Å². The minimum Gasteiger partial charge on any atom is -0.482 e. The number of rotatable bonds is 5. The van der Waals surface area contributed by atoms with Crippen LogP contribution in [0.2, 0.25) is 0 Å². The number of nitro groups is 1. The van der Waals surface area contributed by atoms with Crippen LogP contribution in [0.4, 0.5) is 18.9 Å². The molecule has 1 aromatic rings. The number of hydrogen-bond donors (Lipinski definition) is 1. The standard InChI is InChI=1S/C10H8BrF3N2O4/c11-7-2-1-6(16(18)19)3-8(7)20-4-9(17)15-5-10(12,13)14/h1-3H,4-5H2,(H,15,17). The van der Waals surface area contributed by atoms with E-state index in [2.05, 4.69) is 15.9 Å². The number of carbonyl (C=O) groups excluding carboxylic acids is 1. The molecule has 1 aromatic carbocycles. The third-order valence-electron chi connectivity index (χ3n) is 1.97. The summed E-state index contributed by atoms with van der Waals surface area (Å²) in [5.74, 6) is -0.998. The van der Waals surface area contributed by atoms with Crippen LogP contribution in [0.5, 0.6) is 5.75 Å². The van der Waals surface area contributed by atoms with Gasteiger partial charge in [-0.1, -0.05) is 0 Å². The molecule has 0 fully saturated rings. The lowest BCUT2D eigenvalue weighted by molar-refractivity contribution is -0.385. The molecule has 1 amide bonds. The van der Waals surface area contributed by atoms with Crippen molar-refractivity contribution < 1.29 is 27.6 Å². The van der Waals surface area contributed by atoms with Gasteiger partial charge in [0.1, 0.15) is 12.3 Å². The average Bonchev–Trinajstić information content (AvgIpc) is 2.34. The molecular formula is C10H8BrF3N2O4. The first-order valence-electron chi connectivity index (χ1n) is 5.09. The van der Waals surface area contributed by atoms with Crippen LogP contribution in [0.25, 0.3) is 0 Å². The van der Waals surface area contributed by atoms with Gasteiger partial charge in [0, 0.05) is 6.07 Å². The molecule has 0 saturated carbocycles. The fourth-order valence-corrected chi connectivity index (χ4v) is 1.47. The van der Waals surface area contributed by atoms with Crippen molar-refractivity contribution in [3.63, 3.8) is 0 Å². The first kappa shape index (κ1) is 16.2. The second-order valence-corrected chi connectivity index (χ2v) is 4.41. The molecule has 110 valence electrons. The molecule has 1 rings (SSSR count). The molecular weight excluding hydrogens is 349 g/mol. The van der Waals surface area contributed by atoms with Crippen LogP contribution in [-0.4, -0.2) is 30.2 Å². The van der Waals surface area contributed by atoms with Crippen molar-refractivity contribution >= 4 is 27.5 Å². The average molecular weight is 357 g/mol. The quantitative estimate of drug-likeness (QED) is 0.648. The minimum absolute atomic E-state index is 0.0126. The van der Waals surface area contributed by atoms with Crippen molar-refractivity contribution in [2.24, 2.45) is 0 Å². The lowest BCUT2D eigenvalue weighted by Crippen LogP contribution is -2.36. The molecule has 0 radical (unpaired) electrons. The molecule has 0 saturated heterocycles. The summed E-state index contributed by atoms with van der Waals surface area (Å²) in [6.45, 7) is -2.15. The lowest BCUT2D eigenvalue weighted by atomic mass is 10.3. The van der Waals surface area contributed by atoms with Crippen LogP contribution in [0.1, 0.15) is 0 Å². The number of benzene rings is 1. The number of alkyl halides is 3. The highest BCUT2D eigenvalue weighted by Crippen LogP contribution is 2.29. The van der Waals surface area contributed by atoms with E-state index in [1.165, 1.54) is 12.1 Å². The lowest BCUT2D eigenvalue weighted by Gasteiger charge is -2.10. The second kappa shape index (κ2) is 6.55. The number of non-ortho nitro benzene ring substituents is 1. The van der Waals surface area contributed by atoms with Gasteiger partial charge < -0.3 is 10.1 Å². The van der Waals surface area contributed by atoms with Crippen LogP contribution < -0.4 is 10.1 Å². The highest BCUT2D eigenvalue weighted by molar-refractivity contribution is 9.10. The van der Waals surface area contributed by atoms with Gasteiger partial charge in [0.05, 0.1) is 15.5 Å². The summed E-state index contributed by atoms with van der Waals surface area (Å²) in [4.78, 5) is 21.0. The van der Waals surface area contributed by atoms with Crippen molar-refractivity contribution in [1.82, 2.24) is 5.32 Å². The molecule has 0 aliphatic carbocycles. The van der Waals surface area contributed by atoms with Crippen LogP contribution >= 0.6 is 15.9 Å². The summed E-state index contributed by atoms with van der Waals surface area (Å²) in [6, 6.07) is 3.60. The smallest absolute Gasteiger partial charge is 0.405 e. The summed E-state index contributed by atoms with van der Waals surface area (Å²) in [5.41, 5.74) is -0.265. The Kier molecular flexibility index (Phi) is 5.31. The first-order chi connectivity index (χ1) is 9.19. The van der Waals surface area contributed by atoms with Gasteiger partial charge >= 0.3 is 6.18 Å². The summed E-state index contributed by atoms with van der Waals surface area (Å²) in [5, 5.41) is 12.2. The van der Waals surface area contributed by atoms with Crippen molar-refractivity contribution in [1.29, 1.82) is 0 Å². The van der Waals surface area contributed by atoms with E-state index in [9.17, 15) is 28.1 Å². The topological polar surface area (TPSA) is 81.5 Å². The van der Waals surface area contributed by atoms with Gasteiger partial charge in [0.2, 0.25) is 0 Å². The summed E-state index contributed by atoms with van der Waals surface area (Å²) >= 11 is 3.04. The van der Waals surface area contributed by atoms with Crippen molar-refractivity contribution in [3.05, 3.63) is 32.8 Å². The van der Waals surface area contributed by atoms with E-state index < -0.39 is 30.2 Å². The Labute approximate surface area is 119 Å². The van der Waals surface area contributed by atoms with Crippen LogP contribution in [-0.2, 0) is 4.79 Å². The van der Waals surface area contributed by atoms with E-state index in [-0.39, 0.29) is 11.4 Å². The highest BCUT2D eigenvalue weighted by Gasteiger charge is 2.27. The van der Waals surface area contributed by atoms with Crippen molar-refractivity contribution in [2.75, 3.05) is 13.2 Å². The van der Waals surface area contributed by atoms with E-state index in [1.807, 2.05) is 0 Å². The maximum Gasteiger partial charge on any atom is 0.405 e. The summed E-state index contributed by atoms with van der Waals surface area (Å²) in [7, 11) is 0. The number of nitro benzene ring substituents is 1. The predicted molar refractivity (Wildman–Crippen MR) is 65.4 cm³/mol. The van der Waals surface area contributed by atoms with Gasteiger partial charge in [-0.05, 0) is 22.0 Å². The van der Waals surface area contributed by atoms with Gasteiger partial charge in [-0.3, -0.25) is 14.9 Å². The van der Waals surface area contributed by atoms with Gasteiger partial charge in [-0.2, -0.15) is 13.2 Å². The van der Waals surface area contributed by atoms with Crippen LogP contribution in [0.3, 0.4) is 0 Å². The molecule has 0 heterocycles. The second-order valence-electron chi connectivity index (χ2n) is 3.55. The monoisotopic (exact) mass is 356 g/mol. The van der Waals surface area contributed by atoms with E-state index >= 15 is 0 Å². The molecule has 6 nitrogen and oxygen atoms in total. The van der Waals surface area contributed by atoms with Gasteiger partial charge in [-0.15, -0.1) is 0 Å². The number of carbonyl (C=O) groups is 1. The van der Waals surface area contributed by atoms with Gasteiger partial charge in [0.25, 0.3) is 11.6 Å². The molecule has 1 N–H and O–H groups in total. The van der Waals surface area contributed by atoms with E-state index in [4.69, 9.17) is 4.74 Å². The maximum absolute atomic E-state index is 11.8. The number of amides is 1. The van der Waals surface area contributed by atoms with Crippen molar-refractivity contribution in [2.45, 2.75) is 6.18 Å². The number of hydrogen-bond acceptors (Lipinski definition) is 4. The number of halogens is 4. The van der Waals surface area contributed by atoms with E-state index in [0.29, 0.717) is 4.47 Å². The number of ether oxygens (including phenoxy) is 1. The summed E-state index contributed by atoms with van der Waals surface area (Å²) in [6.07, 6.45) is -4.51. The zero-order valence-corrected chi connectivity index (χ0v) is 11.3. The SMILES string of the molecule is O=C(COc1cc([N+](=O)[O-])ccc1Br)NCC(F)(F)F. The third kappa shape index (κ3) is 5.43. The number of nitrogens with one attached hydrogen (secondary N) is 1. The summed E-state index contributed by atoms with van der Waals surface area (Å²) < 4.78 is 40.8. The van der Waals surface area contributed by atoms with Crippen LogP contribution in [0.15, 0.2) is 22.7 Å². The Bertz CT molecular complexity index is 522. The molecule has 0 aliphatic heterocycles. The Morgan fingerprint density at radius 2 is 2.10 bits per heavy atom. The fraction of sp³-hybridized carbons (Fsp3) is 0.300. The zero-order valence-electron chi connectivity index (χ0n) is 9.74. The first-order valence-corrected chi connectivity index (χ1v) is 5.88. The highest BCUT2D eigenvalue weighted by atomic mass is 79.9. The molecule has 10 heteroatoms. The Hall–Kier alpha value is -1.84. The van der Waals surface area contributed by atoms with Crippen LogP contribution in [0, 0.1) is 10.1 Å². The normalized spacial score (nSPS) is 11.0. The molecule has 0 bridgehead atoms. The zero-order chi connectivity index (χ0) is 15.3. The largest absolute Gasteiger partial charge is 0.482 e. The van der Waals surface area contributed by atoms with Crippen molar-refractivity contribution in [3.8, 4) is 5.75 Å². The number of nitrogens with zero attached hydrogens (tertiary/aromatic N) is 1.